The van der Waals surface area contributed by atoms with Gasteiger partial charge in [0, 0.05) is 11.1 Å². The van der Waals surface area contributed by atoms with Crippen molar-refractivity contribution in [3.05, 3.63) is 71.5 Å². The number of rotatable bonds is 2. The standard InChI is InChI=1S/C19H18N2/c1-13-4-7-16(8-5-13)18-11-20-12-19(21-18)17-9-6-14(2)15(3)10-17/h4-12H,1-3H3. The first kappa shape index (κ1) is 13.5. The molecule has 0 bridgehead atoms. The molecule has 0 radical (unpaired) electrons. The summed E-state index contributed by atoms with van der Waals surface area (Å²) < 4.78 is 0. The van der Waals surface area contributed by atoms with Crippen molar-refractivity contribution in [2.24, 2.45) is 0 Å². The van der Waals surface area contributed by atoms with Gasteiger partial charge in [0.2, 0.25) is 0 Å². The molecule has 0 aliphatic heterocycles. The van der Waals surface area contributed by atoms with Crippen molar-refractivity contribution >= 4 is 0 Å². The molecule has 0 atom stereocenters. The summed E-state index contributed by atoms with van der Waals surface area (Å²) in [6.45, 7) is 6.32. The highest BCUT2D eigenvalue weighted by molar-refractivity contribution is 5.65. The maximum atomic E-state index is 4.75. The Hall–Kier alpha value is -2.48. The lowest BCUT2D eigenvalue weighted by atomic mass is 10.0. The molecular formula is C19H18N2. The fourth-order valence-corrected chi connectivity index (χ4v) is 2.27. The second-order valence-electron chi connectivity index (χ2n) is 5.45. The minimum Gasteiger partial charge on any atom is -0.260 e. The van der Waals surface area contributed by atoms with Crippen molar-refractivity contribution < 1.29 is 0 Å². The zero-order valence-electron chi connectivity index (χ0n) is 12.6. The zero-order valence-corrected chi connectivity index (χ0v) is 12.6. The fraction of sp³-hybridized carbons (Fsp3) is 0.158. The third kappa shape index (κ3) is 2.84. The molecule has 0 aliphatic rings. The van der Waals surface area contributed by atoms with Gasteiger partial charge in [0.25, 0.3) is 0 Å². The van der Waals surface area contributed by atoms with Gasteiger partial charge in [0.05, 0.1) is 23.8 Å². The molecule has 0 amide bonds. The molecule has 2 heteroatoms. The van der Waals surface area contributed by atoms with Crippen LogP contribution in [-0.4, -0.2) is 9.97 Å². The highest BCUT2D eigenvalue weighted by Crippen LogP contribution is 2.23. The molecule has 0 N–H and O–H groups in total. The third-order valence-corrected chi connectivity index (χ3v) is 3.78. The molecule has 0 aliphatic carbocycles. The lowest BCUT2D eigenvalue weighted by Crippen LogP contribution is -1.91. The first-order valence-electron chi connectivity index (χ1n) is 7.10. The molecular weight excluding hydrogens is 256 g/mol. The minimum absolute atomic E-state index is 0.908. The van der Waals surface area contributed by atoms with Gasteiger partial charge < -0.3 is 0 Å². The van der Waals surface area contributed by atoms with Gasteiger partial charge in [0.1, 0.15) is 0 Å². The first-order valence-corrected chi connectivity index (χ1v) is 7.10. The van der Waals surface area contributed by atoms with E-state index in [1.165, 1.54) is 16.7 Å². The highest BCUT2D eigenvalue weighted by atomic mass is 14.8. The van der Waals surface area contributed by atoms with E-state index >= 15 is 0 Å². The molecule has 1 heterocycles. The Morgan fingerprint density at radius 2 is 1.29 bits per heavy atom. The van der Waals surface area contributed by atoms with Crippen LogP contribution in [0.5, 0.6) is 0 Å². The molecule has 0 spiro atoms. The molecule has 104 valence electrons. The van der Waals surface area contributed by atoms with Crippen molar-refractivity contribution in [1.82, 2.24) is 9.97 Å². The van der Waals surface area contributed by atoms with E-state index in [1.54, 1.807) is 0 Å². The molecule has 0 fully saturated rings. The quantitative estimate of drug-likeness (QED) is 0.674. The number of hydrogen-bond acceptors (Lipinski definition) is 2. The number of nitrogens with zero attached hydrogens (tertiary/aromatic N) is 2. The molecule has 1 aromatic heterocycles. The van der Waals surface area contributed by atoms with Gasteiger partial charge in [0.15, 0.2) is 0 Å². The summed E-state index contributed by atoms with van der Waals surface area (Å²) in [4.78, 5) is 9.10. The van der Waals surface area contributed by atoms with Gasteiger partial charge in [-0.05, 0) is 38.0 Å². The van der Waals surface area contributed by atoms with Crippen molar-refractivity contribution in [2.45, 2.75) is 20.8 Å². The van der Waals surface area contributed by atoms with Crippen molar-refractivity contribution in [1.29, 1.82) is 0 Å². The minimum atomic E-state index is 0.908. The maximum absolute atomic E-state index is 4.75. The Morgan fingerprint density at radius 1 is 0.667 bits per heavy atom. The van der Waals surface area contributed by atoms with Crippen LogP contribution >= 0.6 is 0 Å². The van der Waals surface area contributed by atoms with E-state index in [0.717, 1.165) is 22.5 Å². The molecule has 2 nitrogen and oxygen atoms in total. The Morgan fingerprint density at radius 3 is 1.95 bits per heavy atom. The largest absolute Gasteiger partial charge is 0.260 e. The summed E-state index contributed by atoms with van der Waals surface area (Å²) in [5.41, 5.74) is 7.84. The van der Waals surface area contributed by atoms with E-state index < -0.39 is 0 Å². The van der Waals surface area contributed by atoms with Gasteiger partial charge in [-0.15, -0.1) is 0 Å². The predicted octanol–water partition coefficient (Wildman–Crippen LogP) is 4.74. The van der Waals surface area contributed by atoms with Crippen LogP contribution < -0.4 is 0 Å². The Kier molecular flexibility index (Phi) is 3.53. The van der Waals surface area contributed by atoms with Crippen LogP contribution in [0.4, 0.5) is 0 Å². The average molecular weight is 274 g/mol. The van der Waals surface area contributed by atoms with Gasteiger partial charge in [-0.25, -0.2) is 4.98 Å². The first-order chi connectivity index (χ1) is 10.1. The summed E-state index contributed by atoms with van der Waals surface area (Å²) >= 11 is 0. The lowest BCUT2D eigenvalue weighted by Gasteiger charge is -2.07. The maximum Gasteiger partial charge on any atom is 0.0892 e. The molecule has 0 unspecified atom stereocenters. The molecule has 3 rings (SSSR count). The zero-order chi connectivity index (χ0) is 14.8. The molecule has 2 aromatic carbocycles. The number of aryl methyl sites for hydroxylation is 3. The summed E-state index contributed by atoms with van der Waals surface area (Å²) in [6.07, 6.45) is 3.64. The van der Waals surface area contributed by atoms with Crippen LogP contribution in [0.1, 0.15) is 16.7 Å². The monoisotopic (exact) mass is 274 g/mol. The second-order valence-corrected chi connectivity index (χ2v) is 5.45. The Bertz CT molecular complexity index is 774. The predicted molar refractivity (Wildman–Crippen MR) is 87.1 cm³/mol. The second kappa shape index (κ2) is 5.49. The summed E-state index contributed by atoms with van der Waals surface area (Å²) in [7, 11) is 0. The average Bonchev–Trinajstić information content (AvgIpc) is 2.51. The van der Waals surface area contributed by atoms with Crippen LogP contribution in [0.15, 0.2) is 54.9 Å². The topological polar surface area (TPSA) is 25.8 Å². The van der Waals surface area contributed by atoms with Crippen LogP contribution in [0, 0.1) is 20.8 Å². The van der Waals surface area contributed by atoms with Gasteiger partial charge in [-0.3, -0.25) is 4.98 Å². The Balaban J connectivity index is 2.03. The third-order valence-electron chi connectivity index (χ3n) is 3.78. The van der Waals surface area contributed by atoms with Crippen LogP contribution in [-0.2, 0) is 0 Å². The summed E-state index contributed by atoms with van der Waals surface area (Å²) in [5, 5.41) is 0. The molecule has 3 aromatic rings. The highest BCUT2D eigenvalue weighted by Gasteiger charge is 2.05. The van der Waals surface area contributed by atoms with Crippen LogP contribution in [0.3, 0.4) is 0 Å². The SMILES string of the molecule is Cc1ccc(-c2cncc(-c3ccc(C)c(C)c3)n2)cc1. The van der Waals surface area contributed by atoms with Crippen molar-refractivity contribution in [2.75, 3.05) is 0 Å². The molecule has 21 heavy (non-hydrogen) atoms. The van der Waals surface area contributed by atoms with Crippen LogP contribution in [0.2, 0.25) is 0 Å². The van der Waals surface area contributed by atoms with E-state index in [2.05, 4.69) is 68.2 Å². The van der Waals surface area contributed by atoms with Gasteiger partial charge >= 0.3 is 0 Å². The van der Waals surface area contributed by atoms with E-state index in [1.807, 2.05) is 12.4 Å². The van der Waals surface area contributed by atoms with Gasteiger partial charge in [-0.1, -0.05) is 42.0 Å². The van der Waals surface area contributed by atoms with Gasteiger partial charge in [-0.2, -0.15) is 0 Å². The van der Waals surface area contributed by atoms with E-state index in [-0.39, 0.29) is 0 Å². The number of hydrogen-bond donors (Lipinski definition) is 0. The van der Waals surface area contributed by atoms with Crippen molar-refractivity contribution in [3.8, 4) is 22.5 Å². The van der Waals surface area contributed by atoms with E-state index in [9.17, 15) is 0 Å². The molecule has 0 saturated heterocycles. The Labute approximate surface area is 125 Å². The smallest absolute Gasteiger partial charge is 0.0892 e. The fourth-order valence-electron chi connectivity index (χ4n) is 2.27. The van der Waals surface area contributed by atoms with E-state index in [4.69, 9.17) is 4.98 Å². The van der Waals surface area contributed by atoms with Crippen molar-refractivity contribution in [3.63, 3.8) is 0 Å². The number of aromatic nitrogens is 2. The van der Waals surface area contributed by atoms with E-state index in [0.29, 0.717) is 0 Å². The summed E-state index contributed by atoms with van der Waals surface area (Å²) in [5.74, 6) is 0. The summed E-state index contributed by atoms with van der Waals surface area (Å²) in [6, 6.07) is 14.8. The molecule has 0 saturated carbocycles. The normalized spacial score (nSPS) is 10.6. The lowest BCUT2D eigenvalue weighted by molar-refractivity contribution is 1.20. The van der Waals surface area contributed by atoms with Crippen LogP contribution in [0.25, 0.3) is 22.5 Å². The number of benzene rings is 2.